The highest BCUT2D eigenvalue weighted by molar-refractivity contribution is 6.20. The quantitative estimate of drug-likeness (QED) is 0.262. The fraction of sp³-hybridized carbons (Fsp3) is 0.0769. The second-order valence-electron chi connectivity index (χ2n) is 7.11. The number of aliphatic imine (C=N–C) groups is 2. The van der Waals surface area contributed by atoms with Crippen molar-refractivity contribution in [3.8, 4) is 0 Å². The summed E-state index contributed by atoms with van der Waals surface area (Å²) in [6.07, 6.45) is 1.95. The van der Waals surface area contributed by atoms with E-state index >= 15 is 0 Å². The molecule has 0 aromatic heterocycles. The Balaban J connectivity index is 1.77. The molecule has 4 aromatic carbocycles. The van der Waals surface area contributed by atoms with Crippen LogP contribution in [0.3, 0.4) is 0 Å². The molecule has 29 heavy (non-hydrogen) atoms. The molecule has 1 aliphatic rings. The van der Waals surface area contributed by atoms with Crippen LogP contribution < -0.4 is 0 Å². The van der Waals surface area contributed by atoms with Gasteiger partial charge in [0.15, 0.2) is 0 Å². The molecule has 0 bridgehead atoms. The zero-order valence-electron chi connectivity index (χ0n) is 15.8. The van der Waals surface area contributed by atoms with Gasteiger partial charge in [-0.2, -0.15) is 0 Å². The zero-order chi connectivity index (χ0) is 19.6. The van der Waals surface area contributed by atoms with E-state index in [1.54, 1.807) is 0 Å². The molecule has 5 rings (SSSR count). The minimum absolute atomic E-state index is 0.150. The molecule has 0 fully saturated rings. The SMILES string of the molecule is ClC[C@@H]1C=Nc2cc(N=C(c3ccccc3)c3ccccc3)c3ccccc3c21. The number of hydrogen-bond acceptors (Lipinski definition) is 2. The normalized spacial score (nSPS) is 14.7. The van der Waals surface area contributed by atoms with E-state index in [4.69, 9.17) is 16.6 Å². The fourth-order valence-corrected chi connectivity index (χ4v) is 4.16. The molecule has 2 nitrogen and oxygen atoms in total. The molecule has 3 heteroatoms. The third-order valence-electron chi connectivity index (χ3n) is 5.30. The van der Waals surface area contributed by atoms with Crippen molar-refractivity contribution >= 4 is 45.7 Å². The van der Waals surface area contributed by atoms with Crippen molar-refractivity contribution in [2.75, 3.05) is 5.88 Å². The van der Waals surface area contributed by atoms with Gasteiger partial charge in [-0.15, -0.1) is 11.6 Å². The molecular weight excluding hydrogens is 376 g/mol. The van der Waals surface area contributed by atoms with Crippen LogP contribution in [-0.4, -0.2) is 17.8 Å². The topological polar surface area (TPSA) is 24.7 Å². The van der Waals surface area contributed by atoms with Gasteiger partial charge in [0, 0.05) is 34.5 Å². The highest BCUT2D eigenvalue weighted by Crippen LogP contribution is 2.43. The predicted molar refractivity (Wildman–Crippen MR) is 124 cm³/mol. The molecule has 140 valence electrons. The summed E-state index contributed by atoms with van der Waals surface area (Å²) in [4.78, 5) is 9.80. The summed E-state index contributed by atoms with van der Waals surface area (Å²) >= 11 is 6.20. The van der Waals surface area contributed by atoms with Gasteiger partial charge >= 0.3 is 0 Å². The Morgan fingerprint density at radius 1 is 0.793 bits per heavy atom. The van der Waals surface area contributed by atoms with Gasteiger partial charge in [-0.1, -0.05) is 84.9 Å². The van der Waals surface area contributed by atoms with E-state index in [1.807, 2.05) is 42.6 Å². The molecule has 0 spiro atoms. The van der Waals surface area contributed by atoms with Gasteiger partial charge in [0.05, 0.1) is 17.1 Å². The summed E-state index contributed by atoms with van der Waals surface area (Å²) in [6.45, 7) is 0. The summed E-state index contributed by atoms with van der Waals surface area (Å²) in [5.74, 6) is 0.680. The maximum absolute atomic E-state index is 6.20. The van der Waals surface area contributed by atoms with E-state index in [0.29, 0.717) is 5.88 Å². The Bertz CT molecular complexity index is 1190. The lowest BCUT2D eigenvalue weighted by Crippen LogP contribution is -2.03. The van der Waals surface area contributed by atoms with Gasteiger partial charge in [0.25, 0.3) is 0 Å². The molecule has 1 aliphatic heterocycles. The molecule has 0 saturated carbocycles. The van der Waals surface area contributed by atoms with Crippen molar-refractivity contribution in [1.29, 1.82) is 0 Å². The number of halogens is 1. The number of hydrogen-bond donors (Lipinski definition) is 0. The second kappa shape index (κ2) is 7.65. The van der Waals surface area contributed by atoms with Crippen LogP contribution in [0, 0.1) is 0 Å². The van der Waals surface area contributed by atoms with E-state index in [0.717, 1.165) is 33.6 Å². The fourth-order valence-electron chi connectivity index (χ4n) is 3.92. The Labute approximate surface area is 175 Å². The molecular formula is C26H19ClN2. The van der Waals surface area contributed by atoms with Crippen LogP contribution in [0.15, 0.2) is 101 Å². The number of fused-ring (bicyclic) bond motifs is 3. The molecule has 0 aliphatic carbocycles. The number of benzene rings is 4. The van der Waals surface area contributed by atoms with Crippen LogP contribution in [-0.2, 0) is 0 Å². The van der Waals surface area contributed by atoms with E-state index in [2.05, 4.69) is 59.6 Å². The number of alkyl halides is 1. The lowest BCUT2D eigenvalue weighted by molar-refractivity contribution is 1.10. The van der Waals surface area contributed by atoms with E-state index in [1.165, 1.54) is 10.9 Å². The monoisotopic (exact) mass is 394 g/mol. The Kier molecular flexibility index (Phi) is 4.71. The first-order chi connectivity index (χ1) is 14.3. The van der Waals surface area contributed by atoms with Crippen LogP contribution in [0.1, 0.15) is 22.6 Å². The molecule has 4 aromatic rings. The lowest BCUT2D eigenvalue weighted by atomic mass is 9.94. The molecule has 0 saturated heterocycles. The molecule has 0 amide bonds. The third kappa shape index (κ3) is 3.26. The maximum Gasteiger partial charge on any atom is 0.0781 e. The number of rotatable bonds is 4. The van der Waals surface area contributed by atoms with Crippen LogP contribution in [0.2, 0.25) is 0 Å². The maximum atomic E-state index is 6.20. The molecule has 0 N–H and O–H groups in total. The van der Waals surface area contributed by atoms with Crippen LogP contribution in [0.4, 0.5) is 11.4 Å². The Hall–Kier alpha value is -3.23. The summed E-state index contributed by atoms with van der Waals surface area (Å²) in [7, 11) is 0. The van der Waals surface area contributed by atoms with Crippen molar-refractivity contribution < 1.29 is 0 Å². The van der Waals surface area contributed by atoms with Crippen LogP contribution >= 0.6 is 11.6 Å². The van der Waals surface area contributed by atoms with E-state index in [9.17, 15) is 0 Å². The second-order valence-corrected chi connectivity index (χ2v) is 7.41. The van der Waals surface area contributed by atoms with Crippen LogP contribution in [0.5, 0.6) is 0 Å². The van der Waals surface area contributed by atoms with Gasteiger partial charge in [0.1, 0.15) is 0 Å². The minimum atomic E-state index is 0.150. The summed E-state index contributed by atoms with van der Waals surface area (Å²) in [5.41, 5.74) is 6.22. The molecule has 0 radical (unpaired) electrons. The first kappa shape index (κ1) is 17.8. The largest absolute Gasteiger partial charge is 0.260 e. The lowest BCUT2D eigenvalue weighted by Gasteiger charge is -2.13. The van der Waals surface area contributed by atoms with Gasteiger partial charge in [0.2, 0.25) is 0 Å². The number of nitrogens with zero attached hydrogens (tertiary/aromatic N) is 2. The predicted octanol–water partition coefficient (Wildman–Crippen LogP) is 7.05. The van der Waals surface area contributed by atoms with Crippen molar-refractivity contribution in [2.24, 2.45) is 9.98 Å². The minimum Gasteiger partial charge on any atom is -0.260 e. The van der Waals surface area contributed by atoms with E-state index < -0.39 is 0 Å². The molecule has 0 unspecified atom stereocenters. The zero-order valence-corrected chi connectivity index (χ0v) is 16.6. The molecule has 1 heterocycles. The first-order valence-corrected chi connectivity index (χ1v) is 10.2. The Morgan fingerprint density at radius 2 is 1.38 bits per heavy atom. The smallest absolute Gasteiger partial charge is 0.0781 e. The average molecular weight is 395 g/mol. The summed E-state index contributed by atoms with van der Waals surface area (Å²) < 4.78 is 0. The standard InChI is InChI=1S/C26H19ClN2/c27-16-20-17-28-24-15-23(21-13-7-8-14-22(21)25(20)24)29-26(18-9-3-1-4-10-18)19-11-5-2-6-12-19/h1-15,17,20H,16H2/t20-/m1/s1. The first-order valence-electron chi connectivity index (χ1n) is 9.70. The highest BCUT2D eigenvalue weighted by atomic mass is 35.5. The summed E-state index contributed by atoms with van der Waals surface area (Å²) in [6, 6.07) is 31.1. The van der Waals surface area contributed by atoms with Gasteiger partial charge in [-0.05, 0) is 17.0 Å². The van der Waals surface area contributed by atoms with Gasteiger partial charge in [-0.25, -0.2) is 4.99 Å². The van der Waals surface area contributed by atoms with E-state index in [-0.39, 0.29) is 5.92 Å². The van der Waals surface area contributed by atoms with Crippen molar-refractivity contribution in [2.45, 2.75) is 5.92 Å². The Morgan fingerprint density at radius 3 is 2.00 bits per heavy atom. The van der Waals surface area contributed by atoms with Gasteiger partial charge in [-0.3, -0.25) is 4.99 Å². The van der Waals surface area contributed by atoms with Crippen LogP contribution in [0.25, 0.3) is 10.8 Å². The van der Waals surface area contributed by atoms with Gasteiger partial charge < -0.3 is 0 Å². The van der Waals surface area contributed by atoms with Crippen molar-refractivity contribution in [1.82, 2.24) is 0 Å². The van der Waals surface area contributed by atoms with Crippen molar-refractivity contribution in [3.05, 3.63) is 108 Å². The molecule has 1 atom stereocenters. The highest BCUT2D eigenvalue weighted by Gasteiger charge is 2.22. The summed E-state index contributed by atoms with van der Waals surface area (Å²) in [5, 5.41) is 2.30. The van der Waals surface area contributed by atoms with Crippen molar-refractivity contribution in [3.63, 3.8) is 0 Å². The average Bonchev–Trinajstić information content (AvgIpc) is 3.22. The third-order valence-corrected chi connectivity index (χ3v) is 5.63.